The fourth-order valence-electron chi connectivity index (χ4n) is 2.84. The van der Waals surface area contributed by atoms with Crippen molar-refractivity contribution in [1.82, 2.24) is 24.8 Å². The van der Waals surface area contributed by atoms with Gasteiger partial charge in [0.05, 0.1) is 0 Å². The molecule has 2 N–H and O–H groups in total. The highest BCUT2D eigenvalue weighted by atomic mass is 19.4. The van der Waals surface area contributed by atoms with Crippen LogP contribution in [0.3, 0.4) is 0 Å². The second-order valence-corrected chi connectivity index (χ2v) is 6.06. The number of carbonyl (C=O) groups excluding carboxylic acids is 1. The molecule has 0 fully saturated rings. The second kappa shape index (κ2) is 6.34. The molecule has 0 unspecified atom stereocenters. The number of hydrogen-bond donors (Lipinski definition) is 2. The first-order valence-corrected chi connectivity index (χ1v) is 7.72. The van der Waals surface area contributed by atoms with Crippen molar-refractivity contribution in [3.8, 4) is 0 Å². The van der Waals surface area contributed by atoms with Crippen molar-refractivity contribution in [2.75, 3.05) is 6.54 Å². The van der Waals surface area contributed by atoms with Gasteiger partial charge in [-0.3, -0.25) is 4.79 Å². The summed E-state index contributed by atoms with van der Waals surface area (Å²) in [7, 11) is 0. The van der Waals surface area contributed by atoms with E-state index in [4.69, 9.17) is 0 Å². The zero-order valence-corrected chi connectivity index (χ0v) is 13.4. The molecule has 1 aliphatic rings. The molecule has 0 bridgehead atoms. The van der Waals surface area contributed by atoms with E-state index >= 15 is 0 Å². The molecule has 0 aliphatic carbocycles. The highest BCUT2D eigenvalue weighted by Gasteiger charge is 2.35. The first-order chi connectivity index (χ1) is 11.7. The average molecular weight is 355 g/mol. The van der Waals surface area contributed by atoms with Gasteiger partial charge in [0.15, 0.2) is 5.69 Å². The summed E-state index contributed by atoms with van der Waals surface area (Å²) in [6.45, 7) is 2.27. The van der Waals surface area contributed by atoms with Gasteiger partial charge in [0, 0.05) is 31.4 Å². The Morgan fingerprint density at radius 2 is 2.20 bits per heavy atom. The SMILES string of the molecule is Cc1cc(C(=O)NC[C@H]2CCc3nc(C(F)(F)F)cn3C2)nc(=O)[nH]1. The van der Waals surface area contributed by atoms with E-state index in [-0.39, 0.29) is 18.2 Å². The van der Waals surface area contributed by atoms with Gasteiger partial charge in [-0.15, -0.1) is 0 Å². The number of rotatable bonds is 3. The van der Waals surface area contributed by atoms with Crippen molar-refractivity contribution >= 4 is 5.91 Å². The molecule has 3 heterocycles. The minimum absolute atomic E-state index is 0.0136. The Kier molecular flexibility index (Phi) is 4.36. The minimum atomic E-state index is -4.46. The molecule has 2 aromatic rings. The van der Waals surface area contributed by atoms with Gasteiger partial charge in [-0.25, -0.2) is 9.78 Å². The topological polar surface area (TPSA) is 92.7 Å². The number of fused-ring (bicyclic) bond motifs is 1. The number of H-pyrrole nitrogens is 1. The highest BCUT2D eigenvalue weighted by molar-refractivity contribution is 5.92. The maximum absolute atomic E-state index is 12.7. The van der Waals surface area contributed by atoms with Crippen molar-refractivity contribution in [3.05, 3.63) is 45.7 Å². The van der Waals surface area contributed by atoms with Gasteiger partial charge >= 0.3 is 11.9 Å². The Labute approximate surface area is 140 Å². The van der Waals surface area contributed by atoms with Crippen LogP contribution in [0.5, 0.6) is 0 Å². The number of imidazole rings is 1. The molecular formula is C15H16F3N5O2. The number of alkyl halides is 3. The van der Waals surface area contributed by atoms with Gasteiger partial charge in [0.25, 0.3) is 5.91 Å². The fourth-order valence-corrected chi connectivity index (χ4v) is 2.84. The lowest BCUT2D eigenvalue weighted by Gasteiger charge is -2.23. The lowest BCUT2D eigenvalue weighted by molar-refractivity contribution is -0.141. The molecule has 3 rings (SSSR count). The number of aromatic nitrogens is 4. The lowest BCUT2D eigenvalue weighted by atomic mass is 9.99. The van der Waals surface area contributed by atoms with Crippen LogP contribution < -0.4 is 11.0 Å². The van der Waals surface area contributed by atoms with Crippen LogP contribution in [0.1, 0.15) is 34.1 Å². The standard InChI is InChI=1S/C15H16F3N5O2/c1-8-4-10(21-14(25)20-8)13(24)19-5-9-2-3-12-22-11(15(16,17)18)7-23(12)6-9/h4,7,9H,2-3,5-6H2,1H3,(H,19,24)(H,20,21,25)/t9-/m1/s1. The first kappa shape index (κ1) is 17.2. The molecule has 134 valence electrons. The van der Waals surface area contributed by atoms with Gasteiger partial charge in [0.1, 0.15) is 11.5 Å². The minimum Gasteiger partial charge on any atom is -0.350 e. The number of hydrogen-bond acceptors (Lipinski definition) is 4. The molecule has 0 spiro atoms. The summed E-state index contributed by atoms with van der Waals surface area (Å²) in [5, 5.41) is 2.68. The van der Waals surface area contributed by atoms with Crippen molar-refractivity contribution < 1.29 is 18.0 Å². The molecule has 0 saturated carbocycles. The normalized spacial score (nSPS) is 17.2. The number of aryl methyl sites for hydroxylation is 2. The van der Waals surface area contributed by atoms with Crippen molar-refractivity contribution in [2.45, 2.75) is 32.5 Å². The zero-order valence-electron chi connectivity index (χ0n) is 13.4. The quantitative estimate of drug-likeness (QED) is 0.868. The maximum atomic E-state index is 12.7. The summed E-state index contributed by atoms with van der Waals surface area (Å²) in [5.41, 5.74) is -0.966. The third-order valence-electron chi connectivity index (χ3n) is 4.04. The van der Waals surface area contributed by atoms with Gasteiger partial charge in [-0.1, -0.05) is 0 Å². The van der Waals surface area contributed by atoms with Crippen LogP contribution in [0.2, 0.25) is 0 Å². The van der Waals surface area contributed by atoms with Crippen molar-refractivity contribution in [3.63, 3.8) is 0 Å². The Bertz CT molecular complexity index is 856. The van der Waals surface area contributed by atoms with Gasteiger partial charge in [-0.2, -0.15) is 18.2 Å². The van der Waals surface area contributed by atoms with E-state index in [0.29, 0.717) is 30.9 Å². The zero-order chi connectivity index (χ0) is 18.2. The first-order valence-electron chi connectivity index (χ1n) is 7.72. The van der Waals surface area contributed by atoms with Gasteiger partial charge in [0.2, 0.25) is 0 Å². The van der Waals surface area contributed by atoms with Crippen LogP contribution in [-0.2, 0) is 19.1 Å². The summed E-state index contributed by atoms with van der Waals surface area (Å²) in [6, 6.07) is 1.46. The summed E-state index contributed by atoms with van der Waals surface area (Å²) in [5.74, 6) is -0.0989. The molecular weight excluding hydrogens is 339 g/mol. The molecule has 2 aromatic heterocycles. The number of nitrogens with zero attached hydrogens (tertiary/aromatic N) is 3. The van der Waals surface area contributed by atoms with Crippen LogP contribution in [0.25, 0.3) is 0 Å². The predicted molar refractivity (Wildman–Crippen MR) is 81.0 cm³/mol. The highest BCUT2D eigenvalue weighted by Crippen LogP contribution is 2.30. The van der Waals surface area contributed by atoms with E-state index in [2.05, 4.69) is 20.3 Å². The van der Waals surface area contributed by atoms with E-state index < -0.39 is 23.5 Å². The van der Waals surface area contributed by atoms with Crippen molar-refractivity contribution in [1.29, 1.82) is 0 Å². The smallest absolute Gasteiger partial charge is 0.350 e. The van der Waals surface area contributed by atoms with Gasteiger partial charge < -0.3 is 14.9 Å². The molecule has 0 aromatic carbocycles. The molecule has 25 heavy (non-hydrogen) atoms. The number of halogens is 3. The Morgan fingerprint density at radius 3 is 2.88 bits per heavy atom. The lowest BCUT2D eigenvalue weighted by Crippen LogP contribution is -2.35. The molecule has 0 saturated heterocycles. The third kappa shape index (κ3) is 3.89. The Morgan fingerprint density at radius 1 is 1.44 bits per heavy atom. The van der Waals surface area contributed by atoms with E-state index in [9.17, 15) is 22.8 Å². The number of amides is 1. The molecule has 0 radical (unpaired) electrons. The molecule has 1 atom stereocenters. The maximum Gasteiger partial charge on any atom is 0.434 e. The van der Waals surface area contributed by atoms with E-state index in [1.54, 1.807) is 6.92 Å². The summed E-state index contributed by atoms with van der Waals surface area (Å²) < 4.78 is 39.6. The summed E-state index contributed by atoms with van der Waals surface area (Å²) in [4.78, 5) is 33.0. The third-order valence-corrected chi connectivity index (χ3v) is 4.04. The molecule has 10 heteroatoms. The average Bonchev–Trinajstić information content (AvgIpc) is 2.95. The Hall–Kier alpha value is -2.65. The Balaban J connectivity index is 1.62. The number of carbonyl (C=O) groups is 1. The summed E-state index contributed by atoms with van der Waals surface area (Å²) >= 11 is 0. The fraction of sp³-hybridized carbons (Fsp3) is 0.467. The van der Waals surface area contributed by atoms with Crippen molar-refractivity contribution in [2.24, 2.45) is 5.92 Å². The van der Waals surface area contributed by atoms with E-state index in [1.165, 1.54) is 10.6 Å². The number of aromatic amines is 1. The van der Waals surface area contributed by atoms with E-state index in [0.717, 1.165) is 6.20 Å². The van der Waals surface area contributed by atoms with Crippen LogP contribution >= 0.6 is 0 Å². The number of nitrogens with one attached hydrogen (secondary N) is 2. The van der Waals surface area contributed by atoms with Gasteiger partial charge in [-0.05, 0) is 25.3 Å². The van der Waals surface area contributed by atoms with Crippen LogP contribution in [0, 0.1) is 12.8 Å². The van der Waals surface area contributed by atoms with Crippen LogP contribution in [-0.4, -0.2) is 32.0 Å². The predicted octanol–water partition coefficient (Wildman–Crippen LogP) is 1.29. The monoisotopic (exact) mass is 355 g/mol. The molecule has 1 amide bonds. The van der Waals surface area contributed by atoms with Crippen LogP contribution in [0.15, 0.2) is 17.1 Å². The second-order valence-electron chi connectivity index (χ2n) is 6.06. The van der Waals surface area contributed by atoms with Crippen LogP contribution in [0.4, 0.5) is 13.2 Å². The molecule has 1 aliphatic heterocycles. The van der Waals surface area contributed by atoms with E-state index in [1.807, 2.05) is 0 Å². The molecule has 7 nitrogen and oxygen atoms in total. The summed E-state index contributed by atoms with van der Waals surface area (Å²) in [6.07, 6.45) is -2.42. The largest absolute Gasteiger partial charge is 0.434 e.